The fourth-order valence-electron chi connectivity index (χ4n) is 4.15. The van der Waals surface area contributed by atoms with Gasteiger partial charge in [0.25, 0.3) is 0 Å². The highest BCUT2D eigenvalue weighted by Gasteiger charge is 2.16. The number of nitrogens with one attached hydrogen (secondary N) is 3. The van der Waals surface area contributed by atoms with Crippen LogP contribution in [0.3, 0.4) is 0 Å². The number of carbonyl (C=O) groups excluding carboxylic acids is 1. The normalized spacial score (nSPS) is 11.6. The predicted octanol–water partition coefficient (Wildman–Crippen LogP) is 4.65. The van der Waals surface area contributed by atoms with Crippen LogP contribution in [-0.4, -0.2) is 45.6 Å². The smallest absolute Gasteiger partial charge is 0.226 e. The van der Waals surface area contributed by atoms with Crippen LogP contribution in [-0.2, 0) is 4.79 Å². The number of fused-ring (bicyclic) bond motifs is 2. The van der Waals surface area contributed by atoms with E-state index in [0.29, 0.717) is 11.3 Å². The molecule has 0 atom stereocenters. The first-order valence-electron chi connectivity index (χ1n) is 11.5. The molecule has 3 N–H and O–H groups in total. The number of H-pyrrole nitrogens is 2. The van der Waals surface area contributed by atoms with Gasteiger partial charge in [0.1, 0.15) is 0 Å². The number of imidazole rings is 1. The minimum atomic E-state index is -0.120. The van der Waals surface area contributed by atoms with Crippen molar-refractivity contribution in [2.75, 3.05) is 5.32 Å². The molecule has 6 aromatic heterocycles. The predicted molar refractivity (Wildman–Crippen MR) is 138 cm³/mol. The van der Waals surface area contributed by atoms with Crippen molar-refractivity contribution in [3.63, 3.8) is 0 Å². The Balaban J connectivity index is 1.41. The van der Waals surface area contributed by atoms with E-state index in [1.165, 1.54) is 0 Å². The Labute approximate surface area is 205 Å². The molecule has 0 aliphatic carbocycles. The second-order valence-electron chi connectivity index (χ2n) is 9.03. The molecule has 0 aliphatic rings. The summed E-state index contributed by atoms with van der Waals surface area (Å²) < 4.78 is 1.96. The van der Waals surface area contributed by atoms with Crippen molar-refractivity contribution in [3.8, 4) is 28.2 Å². The van der Waals surface area contributed by atoms with Gasteiger partial charge < -0.3 is 14.9 Å². The van der Waals surface area contributed by atoms with Crippen molar-refractivity contribution in [2.24, 2.45) is 5.92 Å². The van der Waals surface area contributed by atoms with E-state index in [4.69, 9.17) is 0 Å². The summed E-state index contributed by atoms with van der Waals surface area (Å²) >= 11 is 0. The molecule has 0 unspecified atom stereocenters. The minimum Gasteiger partial charge on any atom is -0.352 e. The zero-order valence-corrected chi connectivity index (χ0v) is 19.9. The topological polar surface area (TPSA) is 130 Å². The molecule has 10 heteroatoms. The maximum atomic E-state index is 12.1. The van der Waals surface area contributed by atoms with Crippen molar-refractivity contribution >= 4 is 33.5 Å². The molecular weight excluding hydrogens is 454 g/mol. The third-order valence-electron chi connectivity index (χ3n) is 6.06. The van der Waals surface area contributed by atoms with Gasteiger partial charge in [-0.2, -0.15) is 5.10 Å². The average molecular weight is 478 g/mol. The van der Waals surface area contributed by atoms with Gasteiger partial charge in [0.15, 0.2) is 5.65 Å². The van der Waals surface area contributed by atoms with Crippen LogP contribution in [0.2, 0.25) is 0 Å². The van der Waals surface area contributed by atoms with Crippen molar-refractivity contribution < 1.29 is 4.79 Å². The van der Waals surface area contributed by atoms with Gasteiger partial charge in [0.2, 0.25) is 5.91 Å². The third kappa shape index (κ3) is 3.78. The van der Waals surface area contributed by atoms with Gasteiger partial charge in [-0.15, -0.1) is 0 Å². The average Bonchev–Trinajstić information content (AvgIpc) is 3.61. The van der Waals surface area contributed by atoms with Crippen molar-refractivity contribution in [1.29, 1.82) is 0 Å². The van der Waals surface area contributed by atoms with Crippen LogP contribution in [0, 0.1) is 12.8 Å². The first kappa shape index (κ1) is 21.7. The van der Waals surface area contributed by atoms with E-state index >= 15 is 0 Å². The van der Waals surface area contributed by atoms with Crippen LogP contribution in [0.15, 0.2) is 61.7 Å². The first-order valence-corrected chi connectivity index (χ1v) is 11.5. The highest BCUT2D eigenvalue weighted by Crippen LogP contribution is 2.32. The molecule has 6 rings (SSSR count). The summed E-state index contributed by atoms with van der Waals surface area (Å²) in [6.07, 6.45) is 12.5. The van der Waals surface area contributed by atoms with Gasteiger partial charge >= 0.3 is 0 Å². The lowest BCUT2D eigenvalue weighted by Gasteiger charge is -2.09. The molecule has 1 amide bonds. The molecule has 10 nitrogen and oxygen atoms in total. The Hall–Kier alpha value is -4.86. The molecule has 0 spiro atoms. The second kappa shape index (κ2) is 8.42. The molecule has 6 heterocycles. The second-order valence-corrected chi connectivity index (χ2v) is 9.03. The van der Waals surface area contributed by atoms with Gasteiger partial charge in [-0.3, -0.25) is 19.9 Å². The number of amides is 1. The number of aromatic nitrogens is 8. The number of aromatic amines is 2. The molecular formula is C26H23N9O. The van der Waals surface area contributed by atoms with E-state index in [2.05, 4.69) is 46.5 Å². The number of carbonyl (C=O) groups is 1. The van der Waals surface area contributed by atoms with Gasteiger partial charge in [0.05, 0.1) is 58.9 Å². The Kier molecular flexibility index (Phi) is 5.06. The van der Waals surface area contributed by atoms with Crippen LogP contribution in [0.25, 0.3) is 50.1 Å². The Morgan fingerprint density at radius 1 is 0.972 bits per heavy atom. The fraction of sp³-hybridized carbons (Fsp3) is 0.154. The first-order chi connectivity index (χ1) is 17.5. The molecule has 178 valence electrons. The SMILES string of the molecule is Cc1cn(-c2cncc3[nH]c(-c4[nH]nc5ncc(-c6cncc(NC(=O)C(C)C)c6)cc45)cc23)cn1. The highest BCUT2D eigenvalue weighted by molar-refractivity contribution is 5.98. The number of pyridine rings is 3. The maximum absolute atomic E-state index is 12.1. The summed E-state index contributed by atoms with van der Waals surface area (Å²) in [6, 6.07) is 5.99. The van der Waals surface area contributed by atoms with Crippen LogP contribution >= 0.6 is 0 Å². The standard InChI is InChI=1S/C26H23N9O/c1-14(2)26(36)31-18-4-16(7-27-9-18)17-5-20-24(33-34-25(20)29-8-17)21-6-19-22(32-21)10-28-11-23(19)35-12-15(3)30-13-35/h4-14,32H,1-3H3,(H,31,36)(H,29,33,34). The molecule has 0 radical (unpaired) electrons. The summed E-state index contributed by atoms with van der Waals surface area (Å²) in [5.41, 5.74) is 7.42. The Bertz CT molecular complexity index is 1740. The number of nitrogens with zero attached hydrogens (tertiary/aromatic N) is 6. The summed E-state index contributed by atoms with van der Waals surface area (Å²) in [7, 11) is 0. The molecule has 0 saturated heterocycles. The van der Waals surface area contributed by atoms with E-state index in [-0.39, 0.29) is 11.8 Å². The highest BCUT2D eigenvalue weighted by atomic mass is 16.1. The zero-order chi connectivity index (χ0) is 24.8. The van der Waals surface area contributed by atoms with Crippen molar-refractivity contribution in [2.45, 2.75) is 20.8 Å². The van der Waals surface area contributed by atoms with E-state index in [1.54, 1.807) is 31.1 Å². The van der Waals surface area contributed by atoms with Crippen molar-refractivity contribution in [1.82, 2.24) is 39.7 Å². The largest absolute Gasteiger partial charge is 0.352 e. The van der Waals surface area contributed by atoms with E-state index in [9.17, 15) is 4.79 Å². The van der Waals surface area contributed by atoms with Gasteiger partial charge in [0, 0.05) is 46.4 Å². The van der Waals surface area contributed by atoms with E-state index < -0.39 is 0 Å². The molecule has 6 aromatic rings. The summed E-state index contributed by atoms with van der Waals surface area (Å²) in [5, 5.41) is 12.3. The minimum absolute atomic E-state index is 0.0572. The molecule has 36 heavy (non-hydrogen) atoms. The number of hydrogen-bond donors (Lipinski definition) is 3. The van der Waals surface area contributed by atoms with Gasteiger partial charge in [-0.05, 0) is 25.1 Å². The lowest BCUT2D eigenvalue weighted by atomic mass is 10.1. The van der Waals surface area contributed by atoms with Crippen molar-refractivity contribution in [3.05, 3.63) is 67.4 Å². The number of anilines is 1. The summed E-state index contributed by atoms with van der Waals surface area (Å²) in [4.78, 5) is 33.2. The third-order valence-corrected chi connectivity index (χ3v) is 6.06. The fourth-order valence-corrected chi connectivity index (χ4v) is 4.15. The van der Waals surface area contributed by atoms with Crippen LogP contribution in [0.1, 0.15) is 19.5 Å². The lowest BCUT2D eigenvalue weighted by Crippen LogP contribution is -2.17. The molecule has 0 saturated carbocycles. The quantitative estimate of drug-likeness (QED) is 0.331. The van der Waals surface area contributed by atoms with Gasteiger partial charge in [-0.25, -0.2) is 9.97 Å². The number of aryl methyl sites for hydroxylation is 1. The monoisotopic (exact) mass is 477 g/mol. The zero-order valence-electron chi connectivity index (χ0n) is 19.9. The van der Waals surface area contributed by atoms with Crippen LogP contribution in [0.5, 0.6) is 0 Å². The Morgan fingerprint density at radius 3 is 2.61 bits per heavy atom. The molecule has 0 aromatic carbocycles. The van der Waals surface area contributed by atoms with E-state index in [0.717, 1.165) is 50.2 Å². The molecule has 0 fully saturated rings. The van der Waals surface area contributed by atoms with E-state index in [1.807, 2.05) is 49.9 Å². The molecule has 0 aliphatic heterocycles. The lowest BCUT2D eigenvalue weighted by molar-refractivity contribution is -0.118. The van der Waals surface area contributed by atoms with Crippen LogP contribution < -0.4 is 5.32 Å². The summed E-state index contributed by atoms with van der Waals surface area (Å²) in [6.45, 7) is 5.66. The van der Waals surface area contributed by atoms with Crippen LogP contribution in [0.4, 0.5) is 5.69 Å². The number of hydrogen-bond acceptors (Lipinski definition) is 6. The maximum Gasteiger partial charge on any atom is 0.226 e. The van der Waals surface area contributed by atoms with Gasteiger partial charge in [-0.1, -0.05) is 13.8 Å². The number of rotatable bonds is 5. The Morgan fingerprint density at radius 2 is 1.81 bits per heavy atom. The summed E-state index contributed by atoms with van der Waals surface area (Å²) in [5.74, 6) is -0.178. The molecule has 0 bridgehead atoms.